The predicted octanol–water partition coefficient (Wildman–Crippen LogP) is 4.18. The number of amides is 1. The van der Waals surface area contributed by atoms with Gasteiger partial charge in [0.15, 0.2) is 0 Å². The molecule has 1 aromatic rings. The number of ether oxygens (including phenoxy) is 1. The largest absolute Gasteiger partial charge is 0.492 e. The molecule has 1 amide bonds. The molecule has 1 aromatic carbocycles. The van der Waals surface area contributed by atoms with E-state index in [1.54, 1.807) is 0 Å². The number of rotatable bonds is 5. The van der Waals surface area contributed by atoms with E-state index in [9.17, 15) is 4.79 Å². The first-order valence-corrected chi connectivity index (χ1v) is 8.52. The van der Waals surface area contributed by atoms with Crippen LogP contribution in [0.2, 0.25) is 0 Å². The third-order valence-corrected chi connectivity index (χ3v) is 4.64. The van der Waals surface area contributed by atoms with Gasteiger partial charge in [-0.15, -0.1) is 0 Å². The molecule has 1 heterocycles. The summed E-state index contributed by atoms with van der Waals surface area (Å²) < 4.78 is 6.70. The molecule has 0 aromatic heterocycles. The van der Waals surface area contributed by atoms with Gasteiger partial charge < -0.3 is 9.64 Å². The van der Waals surface area contributed by atoms with Gasteiger partial charge in [0.25, 0.3) is 0 Å². The van der Waals surface area contributed by atoms with Crippen LogP contribution >= 0.6 is 15.9 Å². The molecule has 0 radical (unpaired) electrons. The van der Waals surface area contributed by atoms with Crippen molar-refractivity contribution in [2.75, 3.05) is 19.7 Å². The minimum Gasteiger partial charge on any atom is -0.492 e. The maximum Gasteiger partial charge on any atom is 0.222 e. The highest BCUT2D eigenvalue weighted by atomic mass is 79.9. The number of nitrogens with zero attached hydrogens (tertiary/aromatic N) is 1. The molecule has 1 fully saturated rings. The van der Waals surface area contributed by atoms with Crippen LogP contribution in [0, 0.1) is 12.8 Å². The Kier molecular flexibility index (Phi) is 6.09. The fourth-order valence-electron chi connectivity index (χ4n) is 2.54. The molecule has 0 atom stereocenters. The maximum absolute atomic E-state index is 12.1. The summed E-state index contributed by atoms with van der Waals surface area (Å²) >= 11 is 3.50. The van der Waals surface area contributed by atoms with E-state index in [1.165, 1.54) is 5.56 Å². The molecule has 0 bridgehead atoms. The molecule has 1 saturated heterocycles. The second-order valence-corrected chi connectivity index (χ2v) is 6.80. The van der Waals surface area contributed by atoms with E-state index in [0.29, 0.717) is 13.0 Å². The Morgan fingerprint density at radius 3 is 2.76 bits per heavy atom. The number of hydrogen-bond acceptors (Lipinski definition) is 2. The van der Waals surface area contributed by atoms with E-state index in [1.807, 2.05) is 30.0 Å². The van der Waals surface area contributed by atoms with Gasteiger partial charge in [-0.05, 0) is 65.7 Å². The first kappa shape index (κ1) is 16.3. The van der Waals surface area contributed by atoms with Crippen molar-refractivity contribution in [2.24, 2.45) is 5.92 Å². The van der Waals surface area contributed by atoms with E-state index >= 15 is 0 Å². The Morgan fingerprint density at radius 2 is 2.10 bits per heavy atom. The first-order valence-electron chi connectivity index (χ1n) is 7.73. The molecule has 21 heavy (non-hydrogen) atoms. The summed E-state index contributed by atoms with van der Waals surface area (Å²) in [6.07, 6.45) is 3.63. The van der Waals surface area contributed by atoms with Crippen LogP contribution in [0.25, 0.3) is 0 Å². The van der Waals surface area contributed by atoms with Crippen molar-refractivity contribution in [1.82, 2.24) is 4.90 Å². The molecule has 1 aliphatic rings. The topological polar surface area (TPSA) is 29.5 Å². The van der Waals surface area contributed by atoms with Crippen molar-refractivity contribution < 1.29 is 9.53 Å². The number of benzene rings is 1. The van der Waals surface area contributed by atoms with Gasteiger partial charge in [-0.3, -0.25) is 4.79 Å². The van der Waals surface area contributed by atoms with Crippen molar-refractivity contribution in [3.63, 3.8) is 0 Å². The number of aryl methyl sites for hydroxylation is 1. The Balaban J connectivity index is 1.68. The van der Waals surface area contributed by atoms with Crippen LogP contribution in [0.15, 0.2) is 22.7 Å². The van der Waals surface area contributed by atoms with Gasteiger partial charge in [0, 0.05) is 19.5 Å². The van der Waals surface area contributed by atoms with E-state index in [-0.39, 0.29) is 5.91 Å². The predicted molar refractivity (Wildman–Crippen MR) is 88.6 cm³/mol. The minimum absolute atomic E-state index is 0.272. The number of piperidine rings is 1. The molecular formula is C17H24BrNO2. The van der Waals surface area contributed by atoms with Gasteiger partial charge in [-0.25, -0.2) is 0 Å². The van der Waals surface area contributed by atoms with Crippen LogP contribution in [0.1, 0.15) is 38.2 Å². The molecule has 116 valence electrons. The standard InChI is InChI=1S/C17H24BrNO2/c1-13-7-9-19(10-8-13)17(20)4-3-11-21-16-6-5-14(2)12-15(16)18/h5-6,12-13H,3-4,7-11H2,1-2H3. The highest BCUT2D eigenvalue weighted by Gasteiger charge is 2.19. The molecule has 0 spiro atoms. The SMILES string of the molecule is Cc1ccc(OCCCC(=O)N2CCC(C)CC2)c(Br)c1. The van der Waals surface area contributed by atoms with Gasteiger partial charge in [0.2, 0.25) is 5.91 Å². The molecule has 0 aliphatic carbocycles. The molecule has 0 saturated carbocycles. The van der Waals surface area contributed by atoms with Gasteiger partial charge in [0.1, 0.15) is 5.75 Å². The van der Waals surface area contributed by atoms with E-state index in [4.69, 9.17) is 4.74 Å². The highest BCUT2D eigenvalue weighted by Crippen LogP contribution is 2.26. The lowest BCUT2D eigenvalue weighted by molar-refractivity contribution is -0.132. The third-order valence-electron chi connectivity index (χ3n) is 4.02. The monoisotopic (exact) mass is 353 g/mol. The van der Waals surface area contributed by atoms with Crippen LogP contribution in [-0.4, -0.2) is 30.5 Å². The summed E-state index contributed by atoms with van der Waals surface area (Å²) in [7, 11) is 0. The van der Waals surface area contributed by atoms with Crippen molar-refractivity contribution in [1.29, 1.82) is 0 Å². The van der Waals surface area contributed by atoms with Crippen LogP contribution in [-0.2, 0) is 4.79 Å². The molecular weight excluding hydrogens is 330 g/mol. The lowest BCUT2D eigenvalue weighted by Gasteiger charge is -2.30. The summed E-state index contributed by atoms with van der Waals surface area (Å²) in [4.78, 5) is 14.1. The van der Waals surface area contributed by atoms with Crippen LogP contribution in [0.5, 0.6) is 5.75 Å². The zero-order valence-corrected chi connectivity index (χ0v) is 14.5. The van der Waals surface area contributed by atoms with Gasteiger partial charge in [-0.1, -0.05) is 13.0 Å². The van der Waals surface area contributed by atoms with E-state index in [0.717, 1.165) is 48.5 Å². The van der Waals surface area contributed by atoms with Crippen molar-refractivity contribution >= 4 is 21.8 Å². The fourth-order valence-corrected chi connectivity index (χ4v) is 3.15. The Hall–Kier alpha value is -1.03. The summed E-state index contributed by atoms with van der Waals surface area (Å²) in [5, 5.41) is 0. The number of hydrogen-bond donors (Lipinski definition) is 0. The summed E-state index contributed by atoms with van der Waals surface area (Å²) in [5.41, 5.74) is 1.20. The Morgan fingerprint density at radius 1 is 1.38 bits per heavy atom. The molecule has 3 nitrogen and oxygen atoms in total. The van der Waals surface area contributed by atoms with Crippen molar-refractivity contribution in [2.45, 2.75) is 39.5 Å². The lowest BCUT2D eigenvalue weighted by atomic mass is 9.99. The van der Waals surface area contributed by atoms with Gasteiger partial charge >= 0.3 is 0 Å². The minimum atomic E-state index is 0.272. The van der Waals surface area contributed by atoms with E-state index < -0.39 is 0 Å². The number of carbonyl (C=O) groups excluding carboxylic acids is 1. The Labute approximate surface area is 135 Å². The lowest BCUT2D eigenvalue weighted by Crippen LogP contribution is -2.37. The average Bonchev–Trinajstić information content (AvgIpc) is 2.46. The first-order chi connectivity index (χ1) is 10.1. The number of halogens is 1. The van der Waals surface area contributed by atoms with Crippen molar-refractivity contribution in [3.8, 4) is 5.75 Å². The quantitative estimate of drug-likeness (QED) is 0.743. The number of likely N-dealkylation sites (tertiary alicyclic amines) is 1. The van der Waals surface area contributed by atoms with Crippen LogP contribution < -0.4 is 4.74 Å². The van der Waals surface area contributed by atoms with E-state index in [2.05, 4.69) is 22.9 Å². The Bertz CT molecular complexity index is 482. The molecule has 2 rings (SSSR count). The number of carbonyl (C=O) groups is 1. The highest BCUT2D eigenvalue weighted by molar-refractivity contribution is 9.10. The molecule has 1 aliphatic heterocycles. The fraction of sp³-hybridized carbons (Fsp3) is 0.588. The zero-order chi connectivity index (χ0) is 15.2. The van der Waals surface area contributed by atoms with Crippen LogP contribution in [0.3, 0.4) is 0 Å². The molecule has 4 heteroatoms. The summed E-state index contributed by atoms with van der Waals surface area (Å²) in [6.45, 7) is 6.73. The molecule has 0 N–H and O–H groups in total. The van der Waals surface area contributed by atoms with Crippen LogP contribution in [0.4, 0.5) is 0 Å². The zero-order valence-electron chi connectivity index (χ0n) is 12.9. The van der Waals surface area contributed by atoms with Crippen molar-refractivity contribution in [3.05, 3.63) is 28.2 Å². The maximum atomic E-state index is 12.1. The third kappa shape index (κ3) is 5.03. The van der Waals surface area contributed by atoms with Gasteiger partial charge in [0.05, 0.1) is 11.1 Å². The summed E-state index contributed by atoms with van der Waals surface area (Å²) in [6, 6.07) is 6.03. The van der Waals surface area contributed by atoms with Gasteiger partial charge in [-0.2, -0.15) is 0 Å². The normalized spacial score (nSPS) is 16.0. The second-order valence-electron chi connectivity index (χ2n) is 5.95. The second kappa shape index (κ2) is 7.83. The summed E-state index contributed by atoms with van der Waals surface area (Å²) in [5.74, 6) is 1.88. The molecule has 0 unspecified atom stereocenters. The average molecular weight is 354 g/mol. The smallest absolute Gasteiger partial charge is 0.222 e.